The van der Waals surface area contributed by atoms with Crippen molar-refractivity contribution in [3.8, 4) is 0 Å². The number of hydrogen-bond acceptors (Lipinski definition) is 4. The van der Waals surface area contributed by atoms with E-state index in [1.165, 1.54) is 4.80 Å². The summed E-state index contributed by atoms with van der Waals surface area (Å²) >= 11 is 0. The average molecular weight is 312 g/mol. The topological polar surface area (TPSA) is 68.8 Å². The first kappa shape index (κ1) is 15.2. The van der Waals surface area contributed by atoms with Gasteiger partial charge >= 0.3 is 0 Å². The van der Waals surface area contributed by atoms with Crippen LogP contribution in [0.2, 0.25) is 0 Å². The number of carbonyl (C=O) groups excluding carboxylic acids is 1. The molecule has 0 N–H and O–H groups in total. The van der Waals surface area contributed by atoms with Crippen molar-refractivity contribution in [2.75, 3.05) is 7.05 Å². The van der Waals surface area contributed by atoms with Gasteiger partial charge in [-0.1, -0.05) is 12.1 Å². The Morgan fingerprint density at radius 3 is 2.39 bits per heavy atom. The Balaban J connectivity index is 1.68. The van der Waals surface area contributed by atoms with E-state index >= 15 is 0 Å². The molecule has 2 aromatic heterocycles. The van der Waals surface area contributed by atoms with Crippen molar-refractivity contribution < 1.29 is 4.79 Å². The molecule has 0 saturated carbocycles. The molecule has 0 unspecified atom stereocenters. The fourth-order valence-corrected chi connectivity index (χ4v) is 2.44. The lowest BCUT2D eigenvalue weighted by molar-refractivity contribution is -0.131. The lowest BCUT2D eigenvalue weighted by Crippen LogP contribution is -2.30. The molecule has 0 aliphatic carbocycles. The van der Waals surface area contributed by atoms with Crippen LogP contribution in [-0.2, 0) is 24.4 Å². The van der Waals surface area contributed by atoms with Gasteiger partial charge in [-0.15, -0.1) is 0 Å². The fourth-order valence-electron chi connectivity index (χ4n) is 2.44. The quantitative estimate of drug-likeness (QED) is 0.718. The minimum atomic E-state index is -0.0334. The van der Waals surface area contributed by atoms with Crippen LogP contribution >= 0.6 is 0 Å². The Labute approximate surface area is 134 Å². The van der Waals surface area contributed by atoms with E-state index in [1.54, 1.807) is 11.9 Å². The summed E-state index contributed by atoms with van der Waals surface area (Å²) in [5.41, 5.74) is 3.60. The number of rotatable bonds is 5. The van der Waals surface area contributed by atoms with Crippen LogP contribution < -0.4 is 0 Å². The third-order valence-electron chi connectivity index (χ3n) is 3.81. The van der Waals surface area contributed by atoms with Gasteiger partial charge in [0.15, 0.2) is 0 Å². The summed E-state index contributed by atoms with van der Waals surface area (Å²) in [6.07, 6.45) is 1.99. The van der Waals surface area contributed by atoms with E-state index in [0.717, 1.165) is 28.8 Å². The molecule has 1 amide bonds. The SMILES string of the molecule is CCn1cc(CN(C)C(=O)Cn2nc3ccccc3n2)c(C)n1. The monoisotopic (exact) mass is 312 g/mol. The molecule has 120 valence electrons. The number of benzene rings is 1. The first-order chi connectivity index (χ1) is 11.1. The van der Waals surface area contributed by atoms with Gasteiger partial charge in [0.05, 0.1) is 5.69 Å². The maximum atomic E-state index is 12.4. The zero-order chi connectivity index (χ0) is 16.4. The van der Waals surface area contributed by atoms with E-state index in [4.69, 9.17) is 0 Å². The maximum absolute atomic E-state index is 12.4. The van der Waals surface area contributed by atoms with Crippen LogP contribution in [0.25, 0.3) is 11.0 Å². The summed E-state index contributed by atoms with van der Waals surface area (Å²) in [5.74, 6) is -0.0334. The third kappa shape index (κ3) is 3.23. The molecule has 0 atom stereocenters. The lowest BCUT2D eigenvalue weighted by Gasteiger charge is -2.16. The molecule has 0 radical (unpaired) electrons. The van der Waals surface area contributed by atoms with Gasteiger partial charge in [0.25, 0.3) is 0 Å². The number of aryl methyl sites for hydroxylation is 2. The molecule has 1 aromatic carbocycles. The maximum Gasteiger partial charge on any atom is 0.246 e. The zero-order valence-corrected chi connectivity index (χ0v) is 13.6. The van der Waals surface area contributed by atoms with E-state index in [0.29, 0.717) is 6.54 Å². The van der Waals surface area contributed by atoms with Crippen LogP contribution in [0, 0.1) is 6.92 Å². The molecule has 7 heteroatoms. The molecular formula is C16H20N6O. The van der Waals surface area contributed by atoms with Gasteiger partial charge < -0.3 is 4.90 Å². The second-order valence-corrected chi connectivity index (χ2v) is 5.56. The first-order valence-corrected chi connectivity index (χ1v) is 7.63. The Morgan fingerprint density at radius 1 is 1.17 bits per heavy atom. The van der Waals surface area contributed by atoms with Gasteiger partial charge in [-0.05, 0) is 26.0 Å². The second-order valence-electron chi connectivity index (χ2n) is 5.56. The number of aromatic nitrogens is 5. The molecule has 0 aliphatic rings. The van der Waals surface area contributed by atoms with Crippen molar-refractivity contribution in [1.29, 1.82) is 0 Å². The van der Waals surface area contributed by atoms with E-state index < -0.39 is 0 Å². The van der Waals surface area contributed by atoms with Crippen LogP contribution in [0.15, 0.2) is 30.5 Å². The minimum Gasteiger partial charge on any atom is -0.340 e. The van der Waals surface area contributed by atoms with Crippen LogP contribution in [0.5, 0.6) is 0 Å². The van der Waals surface area contributed by atoms with Crippen LogP contribution in [-0.4, -0.2) is 42.6 Å². The molecule has 0 saturated heterocycles. The largest absolute Gasteiger partial charge is 0.340 e. The molecule has 0 fully saturated rings. The van der Waals surface area contributed by atoms with Gasteiger partial charge in [0.1, 0.15) is 17.6 Å². The highest BCUT2D eigenvalue weighted by molar-refractivity contribution is 5.77. The Morgan fingerprint density at radius 2 is 1.83 bits per heavy atom. The number of nitrogens with zero attached hydrogens (tertiary/aromatic N) is 6. The van der Waals surface area contributed by atoms with Gasteiger partial charge in [-0.25, -0.2) is 0 Å². The van der Waals surface area contributed by atoms with Crippen molar-refractivity contribution in [2.24, 2.45) is 0 Å². The molecular weight excluding hydrogens is 292 g/mol. The van der Waals surface area contributed by atoms with E-state index in [2.05, 4.69) is 15.3 Å². The number of hydrogen-bond donors (Lipinski definition) is 0. The lowest BCUT2D eigenvalue weighted by atomic mass is 10.2. The van der Waals surface area contributed by atoms with Crippen LogP contribution in [0.3, 0.4) is 0 Å². The number of likely N-dealkylation sites (N-methyl/N-ethyl adjacent to an activating group) is 1. The fraction of sp³-hybridized carbons (Fsp3) is 0.375. The van der Waals surface area contributed by atoms with Crippen molar-refractivity contribution in [3.05, 3.63) is 41.7 Å². The van der Waals surface area contributed by atoms with Crippen molar-refractivity contribution in [2.45, 2.75) is 33.5 Å². The first-order valence-electron chi connectivity index (χ1n) is 7.63. The average Bonchev–Trinajstić information content (AvgIpc) is 3.10. The highest BCUT2D eigenvalue weighted by atomic mass is 16.2. The Bertz CT molecular complexity index is 801. The molecule has 23 heavy (non-hydrogen) atoms. The Kier molecular flexibility index (Phi) is 4.10. The molecule has 7 nitrogen and oxygen atoms in total. The second kappa shape index (κ2) is 6.20. The van der Waals surface area contributed by atoms with Crippen LogP contribution in [0.1, 0.15) is 18.2 Å². The van der Waals surface area contributed by atoms with Gasteiger partial charge in [0.2, 0.25) is 5.91 Å². The summed E-state index contributed by atoms with van der Waals surface area (Å²) < 4.78 is 1.88. The van der Waals surface area contributed by atoms with Gasteiger partial charge in [-0.3, -0.25) is 9.48 Å². The van der Waals surface area contributed by atoms with Gasteiger partial charge in [-0.2, -0.15) is 20.1 Å². The smallest absolute Gasteiger partial charge is 0.246 e. The number of carbonyl (C=O) groups is 1. The predicted molar refractivity (Wildman–Crippen MR) is 86.6 cm³/mol. The predicted octanol–water partition coefficient (Wildman–Crippen LogP) is 1.61. The Hall–Kier alpha value is -2.70. The molecule has 2 heterocycles. The summed E-state index contributed by atoms with van der Waals surface area (Å²) in [6, 6.07) is 7.58. The summed E-state index contributed by atoms with van der Waals surface area (Å²) in [7, 11) is 1.79. The van der Waals surface area contributed by atoms with Gasteiger partial charge in [0, 0.05) is 31.9 Å². The van der Waals surface area contributed by atoms with Crippen molar-refractivity contribution in [3.63, 3.8) is 0 Å². The normalized spacial score (nSPS) is 11.1. The zero-order valence-electron chi connectivity index (χ0n) is 13.6. The highest BCUT2D eigenvalue weighted by Crippen LogP contribution is 2.10. The summed E-state index contributed by atoms with van der Waals surface area (Å²) in [4.78, 5) is 15.5. The molecule has 3 rings (SSSR count). The molecule has 0 aliphatic heterocycles. The number of amides is 1. The minimum absolute atomic E-state index is 0.0334. The molecule has 3 aromatic rings. The highest BCUT2D eigenvalue weighted by Gasteiger charge is 2.14. The summed E-state index contributed by atoms with van der Waals surface area (Å²) in [6.45, 7) is 5.49. The third-order valence-corrected chi connectivity index (χ3v) is 3.81. The van der Waals surface area contributed by atoms with E-state index in [-0.39, 0.29) is 12.5 Å². The van der Waals surface area contributed by atoms with Crippen molar-refractivity contribution >= 4 is 16.9 Å². The molecule has 0 bridgehead atoms. The van der Waals surface area contributed by atoms with E-state index in [9.17, 15) is 4.79 Å². The molecule has 0 spiro atoms. The van der Waals surface area contributed by atoms with E-state index in [1.807, 2.05) is 49.0 Å². The summed E-state index contributed by atoms with van der Waals surface area (Å²) in [5, 5.41) is 13.0. The van der Waals surface area contributed by atoms with Crippen molar-refractivity contribution in [1.82, 2.24) is 29.7 Å². The standard InChI is InChI=1S/C16H20N6O/c1-4-21-10-13(12(2)17-21)9-20(3)16(23)11-22-18-14-7-5-6-8-15(14)19-22/h5-8,10H,4,9,11H2,1-3H3. The number of fused-ring (bicyclic) bond motifs is 1. The van der Waals surface area contributed by atoms with Crippen LogP contribution in [0.4, 0.5) is 0 Å².